The number of anilines is 1. The van der Waals surface area contributed by atoms with Crippen LogP contribution in [0.5, 0.6) is 0 Å². The van der Waals surface area contributed by atoms with Crippen LogP contribution in [0, 0.1) is 11.8 Å². The van der Waals surface area contributed by atoms with Gasteiger partial charge in [-0.05, 0) is 19.8 Å². The molecular formula is C16H20N6O5. The highest BCUT2D eigenvalue weighted by atomic mass is 16.6. The van der Waals surface area contributed by atoms with Gasteiger partial charge >= 0.3 is 0 Å². The molecule has 0 aromatic carbocycles. The van der Waals surface area contributed by atoms with Gasteiger partial charge in [-0.2, -0.15) is 0 Å². The lowest BCUT2D eigenvalue weighted by Crippen LogP contribution is -2.42. The number of nitrogens with one attached hydrogen (secondary N) is 1. The van der Waals surface area contributed by atoms with Crippen LogP contribution in [0.15, 0.2) is 6.33 Å². The van der Waals surface area contributed by atoms with Crippen LogP contribution < -0.4 is 11.1 Å². The summed E-state index contributed by atoms with van der Waals surface area (Å²) in [5, 5.41) is 32.3. The predicted molar refractivity (Wildman–Crippen MR) is 92.9 cm³/mol. The highest BCUT2D eigenvalue weighted by Gasteiger charge is 2.47. The van der Waals surface area contributed by atoms with Crippen LogP contribution in [0.4, 0.5) is 5.82 Å². The Bertz CT molecular complexity index is 917. The minimum absolute atomic E-state index is 0.0518. The number of hydrogen-bond acceptors (Lipinski definition) is 9. The van der Waals surface area contributed by atoms with E-state index in [0.29, 0.717) is 6.54 Å². The van der Waals surface area contributed by atoms with Gasteiger partial charge in [0.1, 0.15) is 23.8 Å². The molecule has 3 heterocycles. The molecule has 144 valence electrons. The first-order valence-electron chi connectivity index (χ1n) is 8.32. The predicted octanol–water partition coefficient (Wildman–Crippen LogP) is -2.10. The van der Waals surface area contributed by atoms with E-state index < -0.39 is 36.6 Å². The maximum Gasteiger partial charge on any atom is 0.252 e. The summed E-state index contributed by atoms with van der Waals surface area (Å²) in [5.41, 5.74) is 6.35. The van der Waals surface area contributed by atoms with Crippen molar-refractivity contribution in [3.63, 3.8) is 0 Å². The number of aliphatic hydroxyl groups excluding tert-OH is 3. The number of nitrogens with two attached hydrogens (primary N) is 1. The van der Waals surface area contributed by atoms with Crippen LogP contribution in [-0.2, 0) is 9.53 Å². The second-order valence-electron chi connectivity index (χ2n) is 6.02. The number of fused-ring (bicyclic) bond motifs is 1. The molecule has 1 aliphatic heterocycles. The van der Waals surface area contributed by atoms with Crippen molar-refractivity contribution in [3.8, 4) is 11.8 Å². The summed E-state index contributed by atoms with van der Waals surface area (Å²) >= 11 is 0. The normalized spacial score (nSPS) is 25.8. The fourth-order valence-corrected chi connectivity index (χ4v) is 2.73. The van der Waals surface area contributed by atoms with E-state index in [9.17, 15) is 20.1 Å². The Hall–Kier alpha value is -2.78. The fraction of sp³-hybridized carbons (Fsp3) is 0.500. The molecule has 0 bridgehead atoms. The molecule has 0 saturated carbocycles. The summed E-state index contributed by atoms with van der Waals surface area (Å²) in [6.45, 7) is 3.58. The molecule has 0 spiro atoms. The summed E-state index contributed by atoms with van der Waals surface area (Å²) in [4.78, 5) is 24.4. The molecule has 11 nitrogen and oxygen atoms in total. The molecule has 3 rings (SSSR count). The summed E-state index contributed by atoms with van der Waals surface area (Å²) in [6.07, 6.45) is -4.71. The average Bonchev–Trinajstić information content (AvgIpc) is 3.16. The van der Waals surface area contributed by atoms with Crippen molar-refractivity contribution in [2.75, 3.05) is 12.3 Å². The number of rotatable bonds is 3. The van der Waals surface area contributed by atoms with E-state index in [4.69, 9.17) is 10.5 Å². The van der Waals surface area contributed by atoms with Crippen LogP contribution in [0.3, 0.4) is 0 Å². The Morgan fingerprint density at radius 1 is 1.44 bits per heavy atom. The highest BCUT2D eigenvalue weighted by Crippen LogP contribution is 2.32. The van der Waals surface area contributed by atoms with E-state index in [1.807, 2.05) is 0 Å². The first-order chi connectivity index (χ1) is 12.8. The molecule has 5 atom stereocenters. The SMILES string of the molecule is CCNC(=O)[C@H]1O[C@@H](n2cnc3c(N)nc(C#CC(C)O)nc32)[C@H](O)[C@@H]1O. The van der Waals surface area contributed by atoms with E-state index in [1.165, 1.54) is 17.8 Å². The largest absolute Gasteiger partial charge is 0.387 e. The maximum atomic E-state index is 12.0. The molecule has 2 aromatic heterocycles. The topological polar surface area (TPSA) is 169 Å². The van der Waals surface area contributed by atoms with Gasteiger partial charge in [-0.15, -0.1) is 0 Å². The number of carbonyl (C=O) groups excluding carboxylic acids is 1. The van der Waals surface area contributed by atoms with E-state index in [1.54, 1.807) is 6.92 Å². The minimum atomic E-state index is -1.42. The molecule has 2 aromatic rings. The number of nitrogens with zero attached hydrogens (tertiary/aromatic N) is 4. The number of ether oxygens (including phenoxy) is 1. The van der Waals surface area contributed by atoms with Gasteiger partial charge in [0.2, 0.25) is 5.82 Å². The van der Waals surface area contributed by atoms with Crippen molar-refractivity contribution in [2.45, 2.75) is 44.5 Å². The van der Waals surface area contributed by atoms with E-state index in [2.05, 4.69) is 32.1 Å². The summed E-state index contributed by atoms with van der Waals surface area (Å²) in [5.74, 6) is 4.67. The van der Waals surface area contributed by atoms with Crippen LogP contribution in [0.25, 0.3) is 11.2 Å². The summed E-state index contributed by atoms with van der Waals surface area (Å²) in [7, 11) is 0. The number of amides is 1. The van der Waals surface area contributed by atoms with Gasteiger partial charge in [0.15, 0.2) is 23.8 Å². The molecule has 1 saturated heterocycles. The summed E-state index contributed by atoms with van der Waals surface area (Å²) in [6, 6.07) is 0. The second kappa shape index (κ2) is 7.45. The second-order valence-corrected chi connectivity index (χ2v) is 6.02. The number of hydrogen-bond donors (Lipinski definition) is 5. The van der Waals surface area contributed by atoms with Crippen molar-refractivity contribution in [3.05, 3.63) is 12.2 Å². The number of aliphatic hydroxyl groups is 3. The molecule has 11 heteroatoms. The third-order valence-electron chi connectivity index (χ3n) is 3.96. The van der Waals surface area contributed by atoms with Crippen molar-refractivity contribution in [2.24, 2.45) is 0 Å². The zero-order valence-corrected chi connectivity index (χ0v) is 14.7. The minimum Gasteiger partial charge on any atom is -0.387 e. The Labute approximate surface area is 154 Å². The van der Waals surface area contributed by atoms with Crippen molar-refractivity contribution in [1.82, 2.24) is 24.8 Å². The standard InChI is InChI=1S/C16H20N6O5/c1-3-18-15(26)12-10(24)11(25)16(27-12)22-6-19-9-13(17)20-8(21-14(9)22)5-4-7(2)23/h6-7,10-12,16,23-25H,3H2,1-2H3,(H,18,26)(H2,17,20,21)/t7?,10-,11+,12-,16+/m0/s1. The van der Waals surface area contributed by atoms with E-state index in [0.717, 1.165) is 0 Å². The molecule has 1 unspecified atom stereocenters. The van der Waals surface area contributed by atoms with Crippen LogP contribution in [0.2, 0.25) is 0 Å². The first kappa shape index (κ1) is 19.0. The monoisotopic (exact) mass is 376 g/mol. The Morgan fingerprint density at radius 3 is 2.85 bits per heavy atom. The van der Waals surface area contributed by atoms with Crippen LogP contribution in [0.1, 0.15) is 25.9 Å². The van der Waals surface area contributed by atoms with Crippen molar-refractivity contribution >= 4 is 22.9 Å². The van der Waals surface area contributed by atoms with Gasteiger partial charge in [-0.3, -0.25) is 9.36 Å². The quantitative estimate of drug-likeness (QED) is 0.377. The Kier molecular flexibility index (Phi) is 5.24. The summed E-state index contributed by atoms with van der Waals surface area (Å²) < 4.78 is 6.92. The maximum absolute atomic E-state index is 12.0. The van der Waals surface area contributed by atoms with Gasteiger partial charge < -0.3 is 31.1 Å². The number of imidazole rings is 1. The zero-order valence-electron chi connectivity index (χ0n) is 14.7. The third-order valence-corrected chi connectivity index (χ3v) is 3.96. The van der Waals surface area contributed by atoms with Crippen LogP contribution in [-0.4, -0.2) is 71.7 Å². The van der Waals surface area contributed by atoms with Crippen LogP contribution >= 0.6 is 0 Å². The van der Waals surface area contributed by atoms with Gasteiger partial charge in [-0.25, -0.2) is 15.0 Å². The fourth-order valence-electron chi connectivity index (χ4n) is 2.73. The van der Waals surface area contributed by atoms with Gasteiger partial charge in [0, 0.05) is 6.54 Å². The molecule has 1 aliphatic rings. The van der Waals surface area contributed by atoms with E-state index in [-0.39, 0.29) is 22.8 Å². The van der Waals surface area contributed by atoms with E-state index >= 15 is 0 Å². The van der Waals surface area contributed by atoms with Gasteiger partial charge in [-0.1, -0.05) is 5.92 Å². The van der Waals surface area contributed by atoms with Crippen molar-refractivity contribution in [1.29, 1.82) is 0 Å². The average molecular weight is 376 g/mol. The Balaban J connectivity index is 1.99. The Morgan fingerprint density at radius 2 is 2.19 bits per heavy atom. The number of likely N-dealkylation sites (N-methyl/N-ethyl adjacent to an activating group) is 1. The molecule has 0 aliphatic carbocycles. The lowest BCUT2D eigenvalue weighted by atomic mass is 10.1. The molecule has 6 N–H and O–H groups in total. The smallest absolute Gasteiger partial charge is 0.252 e. The highest BCUT2D eigenvalue weighted by molar-refractivity contribution is 5.83. The number of nitrogen functional groups attached to an aromatic ring is 1. The zero-order chi connectivity index (χ0) is 19.7. The van der Waals surface area contributed by atoms with Gasteiger partial charge in [0.25, 0.3) is 5.91 Å². The van der Waals surface area contributed by atoms with Gasteiger partial charge in [0.05, 0.1) is 6.33 Å². The molecule has 1 amide bonds. The first-order valence-corrected chi connectivity index (χ1v) is 8.32. The number of carbonyl (C=O) groups is 1. The lowest BCUT2D eigenvalue weighted by molar-refractivity contribution is -0.137. The molecule has 27 heavy (non-hydrogen) atoms. The third kappa shape index (κ3) is 3.56. The number of aromatic nitrogens is 4. The molecular weight excluding hydrogens is 356 g/mol. The molecule has 1 fully saturated rings. The lowest BCUT2D eigenvalue weighted by Gasteiger charge is -2.16. The molecule has 0 radical (unpaired) electrons. The van der Waals surface area contributed by atoms with Crippen molar-refractivity contribution < 1.29 is 24.9 Å².